The van der Waals surface area contributed by atoms with Gasteiger partial charge in [0.15, 0.2) is 0 Å². The summed E-state index contributed by atoms with van der Waals surface area (Å²) in [7, 11) is -1.26. The van der Waals surface area contributed by atoms with Crippen LogP contribution in [0, 0.1) is 5.82 Å². The Bertz CT molecular complexity index is 1060. The number of nitrogens with zero attached hydrogens (tertiary/aromatic N) is 4. The summed E-state index contributed by atoms with van der Waals surface area (Å²) in [5.41, 5.74) is 0.566. The molecule has 1 aliphatic rings. The zero-order valence-corrected chi connectivity index (χ0v) is 15.2. The summed E-state index contributed by atoms with van der Waals surface area (Å²) in [4.78, 5) is 12.6. The molecule has 1 amide bonds. The van der Waals surface area contributed by atoms with Crippen LogP contribution >= 0.6 is 11.6 Å². The summed E-state index contributed by atoms with van der Waals surface area (Å²) in [5, 5.41) is 6.28. The van der Waals surface area contributed by atoms with Crippen molar-refractivity contribution in [1.29, 1.82) is 0 Å². The Labute approximate surface area is 153 Å². The largest absolute Gasteiger partial charge is 0.345 e. The molecule has 0 unspecified atom stereocenters. The standard InChI is InChI=1S/C15H13ClFN5O3S/c1-21-13(5-6-18-21)12-8-14(22(2)26(24,25)20-12)15(23)19-9-3-4-11(17)10(16)7-9/h3-8H,1-2H3,(H,19,23). The van der Waals surface area contributed by atoms with E-state index in [9.17, 15) is 17.6 Å². The monoisotopic (exact) mass is 397 g/mol. The highest BCUT2D eigenvalue weighted by Gasteiger charge is 2.30. The van der Waals surface area contributed by atoms with Crippen LogP contribution in [-0.2, 0) is 22.1 Å². The number of hydrogen-bond donors (Lipinski definition) is 1. The normalized spacial score (nSPS) is 16.1. The highest BCUT2D eigenvalue weighted by atomic mass is 35.5. The molecule has 0 aliphatic carbocycles. The van der Waals surface area contributed by atoms with Crippen LogP contribution in [0.15, 0.2) is 46.6 Å². The van der Waals surface area contributed by atoms with Crippen LogP contribution in [-0.4, -0.2) is 41.2 Å². The van der Waals surface area contributed by atoms with Crippen molar-refractivity contribution < 1.29 is 17.6 Å². The van der Waals surface area contributed by atoms with Crippen molar-refractivity contribution in [1.82, 2.24) is 14.1 Å². The smallest absolute Gasteiger partial charge is 0.321 e. The summed E-state index contributed by atoms with van der Waals surface area (Å²) < 4.78 is 43.7. The van der Waals surface area contributed by atoms with Gasteiger partial charge in [0.2, 0.25) is 0 Å². The Balaban J connectivity index is 1.97. The van der Waals surface area contributed by atoms with Gasteiger partial charge in [-0.1, -0.05) is 11.6 Å². The van der Waals surface area contributed by atoms with Gasteiger partial charge in [0.05, 0.1) is 10.7 Å². The predicted molar refractivity (Wildman–Crippen MR) is 94.6 cm³/mol. The molecule has 1 N–H and O–H groups in total. The number of benzene rings is 1. The molecule has 0 spiro atoms. The Morgan fingerprint density at radius 2 is 2.00 bits per heavy atom. The van der Waals surface area contributed by atoms with Gasteiger partial charge in [-0.05, 0) is 30.3 Å². The molecule has 0 atom stereocenters. The van der Waals surface area contributed by atoms with Crippen molar-refractivity contribution >= 4 is 39.1 Å². The maximum Gasteiger partial charge on any atom is 0.345 e. The summed E-state index contributed by atoms with van der Waals surface area (Å²) in [6, 6.07) is 5.21. The lowest BCUT2D eigenvalue weighted by molar-refractivity contribution is -0.113. The SMILES string of the molecule is CN1C(C(=O)Nc2ccc(F)c(Cl)c2)=CC(c2ccnn2C)=NS1(=O)=O. The van der Waals surface area contributed by atoms with E-state index in [2.05, 4.69) is 14.8 Å². The Morgan fingerprint density at radius 1 is 1.27 bits per heavy atom. The number of carbonyl (C=O) groups is 1. The molecule has 2 aromatic rings. The van der Waals surface area contributed by atoms with Gasteiger partial charge in [-0.25, -0.2) is 8.70 Å². The topological polar surface area (TPSA) is 96.7 Å². The first-order valence-corrected chi connectivity index (χ1v) is 9.02. The summed E-state index contributed by atoms with van der Waals surface area (Å²) in [6.45, 7) is 0. The first-order chi connectivity index (χ1) is 12.2. The first kappa shape index (κ1) is 18.1. The minimum atomic E-state index is -4.09. The molecule has 0 bridgehead atoms. The fourth-order valence-electron chi connectivity index (χ4n) is 2.28. The first-order valence-electron chi connectivity index (χ1n) is 7.24. The lowest BCUT2D eigenvalue weighted by Crippen LogP contribution is -2.36. The number of halogens is 2. The second kappa shape index (κ2) is 6.54. The maximum atomic E-state index is 13.2. The van der Waals surface area contributed by atoms with Gasteiger partial charge in [0.25, 0.3) is 5.91 Å². The van der Waals surface area contributed by atoms with Gasteiger partial charge in [-0.3, -0.25) is 9.48 Å². The molecule has 0 fully saturated rings. The van der Waals surface area contributed by atoms with E-state index in [1.807, 2.05) is 0 Å². The van der Waals surface area contributed by atoms with Gasteiger partial charge in [-0.15, -0.1) is 4.40 Å². The number of aryl methyl sites for hydroxylation is 1. The molecule has 26 heavy (non-hydrogen) atoms. The van der Waals surface area contributed by atoms with E-state index in [0.29, 0.717) is 5.69 Å². The van der Waals surface area contributed by atoms with Crippen LogP contribution < -0.4 is 5.32 Å². The molecule has 0 radical (unpaired) electrons. The van der Waals surface area contributed by atoms with Crippen molar-refractivity contribution in [3.05, 3.63) is 58.8 Å². The molecule has 2 heterocycles. The van der Waals surface area contributed by atoms with Crippen molar-refractivity contribution in [3.63, 3.8) is 0 Å². The minimum absolute atomic E-state index is 0.0744. The van der Waals surface area contributed by atoms with Crippen LogP contribution in [0.1, 0.15) is 5.69 Å². The van der Waals surface area contributed by atoms with Gasteiger partial charge >= 0.3 is 10.2 Å². The Hall–Kier alpha value is -2.72. The van der Waals surface area contributed by atoms with Crippen LogP contribution in [0.5, 0.6) is 0 Å². The van der Waals surface area contributed by atoms with Gasteiger partial charge in [0, 0.05) is 26.0 Å². The van der Waals surface area contributed by atoms with E-state index >= 15 is 0 Å². The van der Waals surface area contributed by atoms with E-state index in [1.165, 1.54) is 36.1 Å². The second-order valence-corrected chi connectivity index (χ2v) is 7.41. The van der Waals surface area contributed by atoms with Crippen LogP contribution in [0.3, 0.4) is 0 Å². The van der Waals surface area contributed by atoms with Gasteiger partial charge in [-0.2, -0.15) is 13.5 Å². The van der Waals surface area contributed by atoms with E-state index < -0.39 is 21.9 Å². The second-order valence-electron chi connectivity index (χ2n) is 5.37. The fourth-order valence-corrected chi connectivity index (χ4v) is 3.36. The molecule has 1 aromatic carbocycles. The molecule has 0 saturated carbocycles. The molecular formula is C15H13ClFN5O3S. The average Bonchev–Trinajstić information content (AvgIpc) is 2.99. The number of aromatic nitrogens is 2. The number of rotatable bonds is 3. The van der Waals surface area contributed by atoms with Crippen molar-refractivity contribution in [3.8, 4) is 0 Å². The third-order valence-corrected chi connectivity index (χ3v) is 5.27. The zero-order chi connectivity index (χ0) is 19.1. The molecule has 8 nitrogen and oxygen atoms in total. The lowest BCUT2D eigenvalue weighted by atomic mass is 10.2. The zero-order valence-electron chi connectivity index (χ0n) is 13.6. The number of amides is 1. The van der Waals surface area contributed by atoms with Crippen LogP contribution in [0.25, 0.3) is 0 Å². The van der Waals surface area contributed by atoms with E-state index in [0.717, 1.165) is 10.4 Å². The van der Waals surface area contributed by atoms with Crippen molar-refractivity contribution in [2.45, 2.75) is 0 Å². The number of nitrogens with one attached hydrogen (secondary N) is 1. The van der Waals surface area contributed by atoms with E-state index in [4.69, 9.17) is 11.6 Å². The highest BCUT2D eigenvalue weighted by molar-refractivity contribution is 7.88. The predicted octanol–water partition coefficient (Wildman–Crippen LogP) is 1.71. The van der Waals surface area contributed by atoms with Crippen molar-refractivity contribution in [2.75, 3.05) is 12.4 Å². The Kier molecular flexibility index (Phi) is 4.55. The number of carbonyl (C=O) groups excluding carboxylic acids is 1. The molecule has 1 aromatic heterocycles. The Morgan fingerprint density at radius 3 is 2.62 bits per heavy atom. The molecular weight excluding hydrogens is 385 g/mol. The lowest BCUT2D eigenvalue weighted by Gasteiger charge is -2.23. The third kappa shape index (κ3) is 3.33. The molecule has 1 aliphatic heterocycles. The van der Waals surface area contributed by atoms with Gasteiger partial charge in [0.1, 0.15) is 17.2 Å². The molecule has 136 valence electrons. The average molecular weight is 398 g/mol. The number of anilines is 1. The molecule has 11 heteroatoms. The van der Waals surface area contributed by atoms with E-state index in [1.54, 1.807) is 13.1 Å². The molecule has 0 saturated heterocycles. The maximum absolute atomic E-state index is 13.2. The summed E-state index contributed by atoms with van der Waals surface area (Å²) in [6.07, 6.45) is 2.81. The summed E-state index contributed by atoms with van der Waals surface area (Å²) in [5.74, 6) is -1.35. The molecule has 3 rings (SSSR count). The van der Waals surface area contributed by atoms with E-state index in [-0.39, 0.29) is 22.1 Å². The third-order valence-electron chi connectivity index (χ3n) is 3.67. The number of hydrogen-bond acceptors (Lipinski definition) is 4. The minimum Gasteiger partial charge on any atom is -0.321 e. The number of likely N-dealkylation sites (N-methyl/N-ethyl adjacent to an activating group) is 1. The fraction of sp³-hybridized carbons (Fsp3) is 0.133. The summed E-state index contributed by atoms with van der Waals surface area (Å²) >= 11 is 5.69. The van der Waals surface area contributed by atoms with Gasteiger partial charge < -0.3 is 5.32 Å². The van der Waals surface area contributed by atoms with Crippen LogP contribution in [0.2, 0.25) is 5.02 Å². The quantitative estimate of drug-likeness (QED) is 0.852. The highest BCUT2D eigenvalue weighted by Crippen LogP contribution is 2.23. The number of allylic oxidation sites excluding steroid dienone is 1. The van der Waals surface area contributed by atoms with Crippen molar-refractivity contribution in [2.24, 2.45) is 11.4 Å². The van der Waals surface area contributed by atoms with Crippen LogP contribution in [0.4, 0.5) is 10.1 Å².